The lowest BCUT2D eigenvalue weighted by Crippen LogP contribution is -2.12. The first-order valence-corrected chi connectivity index (χ1v) is 20.1. The average Bonchev–Trinajstić information content (AvgIpc) is 2.95. The van der Waals surface area contributed by atoms with Crippen LogP contribution in [0.5, 0.6) is 0 Å². The zero-order valence-corrected chi connectivity index (χ0v) is 28.2. The standard InChI is InChI=1S/C20H28O6S2.C10H8O6S2/c1-2-3-4-5-6-7-8-9-13-17-15-16-12-10-11-14-18(16)20(28(24,25)26)19(17)27(21,22)23;11-17(12,13)9-6-5-7-3-1-2-4-8(7)10(9)18(14,15)16/h10-12,14-15H,2-9,13H2,1H3,(H,21,22,23)(H,24,25,26);1-6H,(H,11,12,13)(H,14,15,16). The lowest BCUT2D eigenvalue weighted by molar-refractivity contribution is 0.466. The fourth-order valence-electron chi connectivity index (χ4n) is 5.22. The van der Waals surface area contributed by atoms with E-state index in [0.717, 1.165) is 25.3 Å². The second kappa shape index (κ2) is 15.3. The van der Waals surface area contributed by atoms with Crippen LogP contribution in [0.4, 0.5) is 0 Å². The van der Waals surface area contributed by atoms with Gasteiger partial charge in [0.2, 0.25) is 0 Å². The highest BCUT2D eigenvalue weighted by Crippen LogP contribution is 2.34. The van der Waals surface area contributed by atoms with Gasteiger partial charge in [-0.15, -0.1) is 0 Å². The molecule has 4 aromatic rings. The molecule has 0 aliphatic heterocycles. The molecule has 46 heavy (non-hydrogen) atoms. The van der Waals surface area contributed by atoms with Crippen LogP contribution in [0.1, 0.15) is 63.9 Å². The van der Waals surface area contributed by atoms with Gasteiger partial charge in [0.15, 0.2) is 0 Å². The maximum absolute atomic E-state index is 12.0. The summed E-state index contributed by atoms with van der Waals surface area (Å²) in [5, 5.41) is 1.02. The van der Waals surface area contributed by atoms with Gasteiger partial charge in [0, 0.05) is 10.8 Å². The van der Waals surface area contributed by atoms with Crippen molar-refractivity contribution >= 4 is 62.0 Å². The first kappa shape index (κ1) is 37.5. The zero-order valence-electron chi connectivity index (χ0n) is 24.9. The smallest absolute Gasteiger partial charge is 0.282 e. The van der Waals surface area contributed by atoms with Gasteiger partial charge in [-0.1, -0.05) is 106 Å². The van der Waals surface area contributed by atoms with Crippen molar-refractivity contribution in [3.63, 3.8) is 0 Å². The summed E-state index contributed by atoms with van der Waals surface area (Å²) in [4.78, 5) is -3.12. The molecule has 0 unspecified atom stereocenters. The van der Waals surface area contributed by atoms with Crippen molar-refractivity contribution < 1.29 is 51.9 Å². The lowest BCUT2D eigenvalue weighted by atomic mass is 10.0. The van der Waals surface area contributed by atoms with E-state index in [4.69, 9.17) is 9.11 Å². The van der Waals surface area contributed by atoms with Crippen LogP contribution < -0.4 is 0 Å². The Morgan fingerprint density at radius 3 is 1.43 bits per heavy atom. The van der Waals surface area contributed by atoms with Crippen LogP contribution in [0.3, 0.4) is 0 Å². The lowest BCUT2D eigenvalue weighted by Gasteiger charge is -2.14. The highest BCUT2D eigenvalue weighted by molar-refractivity contribution is 7.89. The van der Waals surface area contributed by atoms with Crippen molar-refractivity contribution in [1.82, 2.24) is 0 Å². The SMILES string of the molecule is CCCCCCCCCCc1cc2ccccc2c(S(=O)(=O)O)c1S(=O)(=O)O.O=S(=O)(O)c1ccc2ccccc2c1S(=O)(=O)O. The molecule has 0 aliphatic rings. The normalized spacial score (nSPS) is 12.6. The molecule has 0 aromatic heterocycles. The van der Waals surface area contributed by atoms with E-state index in [1.54, 1.807) is 36.4 Å². The number of fused-ring (bicyclic) bond motifs is 2. The van der Waals surface area contributed by atoms with Crippen molar-refractivity contribution in [3.05, 3.63) is 72.3 Å². The highest BCUT2D eigenvalue weighted by Gasteiger charge is 2.30. The molecular weight excluding hydrogens is 681 g/mol. The van der Waals surface area contributed by atoms with E-state index >= 15 is 0 Å². The maximum Gasteiger partial charge on any atom is 0.296 e. The molecule has 4 N–H and O–H groups in total. The Balaban J connectivity index is 0.000000275. The van der Waals surface area contributed by atoms with Crippen LogP contribution in [-0.4, -0.2) is 51.9 Å². The monoisotopic (exact) mass is 716 g/mol. The molecule has 0 saturated heterocycles. The number of hydrogen-bond donors (Lipinski definition) is 4. The van der Waals surface area contributed by atoms with Gasteiger partial charge < -0.3 is 0 Å². The van der Waals surface area contributed by atoms with Gasteiger partial charge in [-0.25, -0.2) is 0 Å². The molecule has 0 radical (unpaired) electrons. The molecule has 0 atom stereocenters. The second-order valence-electron chi connectivity index (χ2n) is 10.7. The Morgan fingerprint density at radius 1 is 0.478 bits per heavy atom. The number of benzene rings is 4. The van der Waals surface area contributed by atoms with E-state index in [2.05, 4.69) is 6.92 Å². The molecule has 0 fully saturated rings. The first-order chi connectivity index (χ1) is 21.4. The third kappa shape index (κ3) is 9.78. The first-order valence-electron chi connectivity index (χ1n) is 14.3. The van der Waals surface area contributed by atoms with E-state index in [0.29, 0.717) is 23.6 Å². The third-order valence-electron chi connectivity index (χ3n) is 7.23. The third-order valence-corrected chi connectivity index (χ3v) is 11.3. The van der Waals surface area contributed by atoms with E-state index in [1.807, 2.05) is 0 Å². The summed E-state index contributed by atoms with van der Waals surface area (Å²) in [7, 11) is -19.2. The molecule has 12 nitrogen and oxygen atoms in total. The fraction of sp³-hybridized carbons (Fsp3) is 0.333. The molecule has 4 rings (SSSR count). The average molecular weight is 717 g/mol. The molecule has 0 bridgehead atoms. The molecule has 0 amide bonds. The zero-order chi connectivity index (χ0) is 34.3. The predicted octanol–water partition coefficient (Wildman–Crippen LogP) is 6.35. The minimum Gasteiger partial charge on any atom is -0.282 e. The molecule has 16 heteroatoms. The van der Waals surface area contributed by atoms with Gasteiger partial charge in [-0.3, -0.25) is 18.2 Å². The van der Waals surface area contributed by atoms with Gasteiger partial charge in [0.25, 0.3) is 40.5 Å². The molecular formula is C30H36O12S4. The molecule has 4 aromatic carbocycles. The van der Waals surface area contributed by atoms with E-state index in [9.17, 15) is 42.8 Å². The summed E-state index contributed by atoms with van der Waals surface area (Å²) in [6, 6.07) is 16.2. The van der Waals surface area contributed by atoms with Gasteiger partial charge >= 0.3 is 0 Å². The molecule has 0 heterocycles. The van der Waals surface area contributed by atoms with E-state index in [1.165, 1.54) is 49.9 Å². The molecule has 252 valence electrons. The molecule has 0 spiro atoms. The summed E-state index contributed by atoms with van der Waals surface area (Å²) in [5.74, 6) is 0. The van der Waals surface area contributed by atoms with Gasteiger partial charge in [-0.05, 0) is 41.3 Å². The quantitative estimate of drug-likeness (QED) is 0.0879. The van der Waals surface area contributed by atoms with Crippen molar-refractivity contribution in [2.24, 2.45) is 0 Å². The number of aryl methyl sites for hydroxylation is 1. The minimum atomic E-state index is -4.85. The summed E-state index contributed by atoms with van der Waals surface area (Å²) in [5.41, 5.74) is 0.208. The van der Waals surface area contributed by atoms with E-state index < -0.39 is 60.1 Å². The Morgan fingerprint density at radius 2 is 0.935 bits per heavy atom. The fourth-order valence-corrected chi connectivity index (χ4v) is 9.52. The Bertz CT molecular complexity index is 2140. The summed E-state index contributed by atoms with van der Waals surface area (Å²) in [6.07, 6.45) is 8.79. The molecule has 0 aliphatic carbocycles. The Labute approximate surface area is 269 Å². The molecule has 0 saturated carbocycles. The van der Waals surface area contributed by atoms with Gasteiger partial charge in [0.05, 0.1) is 0 Å². The van der Waals surface area contributed by atoms with Crippen LogP contribution in [0.25, 0.3) is 21.5 Å². The Hall–Kier alpha value is -2.96. The number of unbranched alkanes of at least 4 members (excludes halogenated alkanes) is 7. The summed E-state index contributed by atoms with van der Waals surface area (Å²) < 4.78 is 130. The predicted molar refractivity (Wildman–Crippen MR) is 173 cm³/mol. The van der Waals surface area contributed by atoms with Crippen molar-refractivity contribution in [1.29, 1.82) is 0 Å². The number of rotatable bonds is 13. The number of hydrogen-bond acceptors (Lipinski definition) is 8. The maximum atomic E-state index is 12.0. The van der Waals surface area contributed by atoms with Crippen LogP contribution in [0, 0.1) is 0 Å². The van der Waals surface area contributed by atoms with Gasteiger partial charge in [-0.2, -0.15) is 33.7 Å². The van der Waals surface area contributed by atoms with Crippen LogP contribution >= 0.6 is 0 Å². The minimum absolute atomic E-state index is 0.0233. The second-order valence-corrected chi connectivity index (χ2v) is 16.1. The Kier molecular flexibility index (Phi) is 12.5. The summed E-state index contributed by atoms with van der Waals surface area (Å²) in [6.45, 7) is 2.16. The van der Waals surface area contributed by atoms with Crippen molar-refractivity contribution in [2.45, 2.75) is 84.3 Å². The van der Waals surface area contributed by atoms with E-state index in [-0.39, 0.29) is 16.3 Å². The topological polar surface area (TPSA) is 217 Å². The van der Waals surface area contributed by atoms with Crippen LogP contribution in [-0.2, 0) is 46.9 Å². The van der Waals surface area contributed by atoms with Crippen molar-refractivity contribution in [3.8, 4) is 0 Å². The largest absolute Gasteiger partial charge is 0.296 e. The van der Waals surface area contributed by atoms with Crippen LogP contribution in [0.15, 0.2) is 86.3 Å². The summed E-state index contributed by atoms with van der Waals surface area (Å²) >= 11 is 0. The van der Waals surface area contributed by atoms with Gasteiger partial charge in [0.1, 0.15) is 19.6 Å². The van der Waals surface area contributed by atoms with Crippen molar-refractivity contribution in [2.75, 3.05) is 0 Å². The van der Waals surface area contributed by atoms with Crippen LogP contribution in [0.2, 0.25) is 0 Å². The highest BCUT2D eigenvalue weighted by atomic mass is 32.2.